The first kappa shape index (κ1) is 13.1. The molecular weight excluding hydrogens is 344 g/mol. The maximum atomic E-state index is 12.4. The number of carbonyl (C=O) groups is 2. The van der Waals surface area contributed by atoms with Gasteiger partial charge in [0.2, 0.25) is 0 Å². The third-order valence-electron chi connectivity index (χ3n) is 3.08. The Morgan fingerprint density at radius 2 is 1.70 bits per heavy atom. The smallest absolute Gasteiger partial charge is 0.266 e. The van der Waals surface area contributed by atoms with Gasteiger partial charge in [-0.25, -0.2) is 4.90 Å². The van der Waals surface area contributed by atoms with Gasteiger partial charge >= 0.3 is 0 Å². The molecule has 4 nitrogen and oxygen atoms in total. The van der Waals surface area contributed by atoms with Crippen LogP contribution < -0.4 is 10.6 Å². The molecule has 2 amide bonds. The van der Waals surface area contributed by atoms with Gasteiger partial charge in [0, 0.05) is 9.50 Å². The molecule has 2 aromatic rings. The summed E-state index contributed by atoms with van der Waals surface area (Å²) in [5.41, 5.74) is 7.21. The molecule has 1 aliphatic rings. The van der Waals surface area contributed by atoms with Gasteiger partial charge in [0.1, 0.15) is 0 Å². The van der Waals surface area contributed by atoms with Crippen molar-refractivity contribution in [3.8, 4) is 0 Å². The highest BCUT2D eigenvalue weighted by atomic mass is 79.9. The van der Waals surface area contributed by atoms with Crippen molar-refractivity contribution in [3.05, 3.63) is 57.0 Å². The van der Waals surface area contributed by atoms with E-state index in [0.717, 1.165) is 9.37 Å². The van der Waals surface area contributed by atoms with Crippen molar-refractivity contribution >= 4 is 50.7 Å². The molecule has 0 aromatic heterocycles. The number of imide groups is 1. The van der Waals surface area contributed by atoms with Crippen molar-refractivity contribution in [1.82, 2.24) is 0 Å². The fourth-order valence-corrected chi connectivity index (χ4v) is 2.70. The Bertz CT molecular complexity index is 761. The van der Waals surface area contributed by atoms with E-state index < -0.39 is 0 Å². The number of fused-ring (bicyclic) bond motifs is 1. The minimum absolute atomic E-state index is 0.283. The Kier molecular flexibility index (Phi) is 3.03. The van der Waals surface area contributed by atoms with Gasteiger partial charge in [-0.2, -0.15) is 0 Å². The highest BCUT2D eigenvalue weighted by molar-refractivity contribution is 9.10. The molecule has 20 heavy (non-hydrogen) atoms. The summed E-state index contributed by atoms with van der Waals surface area (Å²) in [5, 5.41) is 0.450. The van der Waals surface area contributed by atoms with Gasteiger partial charge in [-0.05, 0) is 36.4 Å². The maximum Gasteiger partial charge on any atom is 0.266 e. The molecule has 1 heterocycles. The topological polar surface area (TPSA) is 63.4 Å². The van der Waals surface area contributed by atoms with E-state index in [9.17, 15) is 9.59 Å². The molecule has 0 saturated carbocycles. The first-order chi connectivity index (χ1) is 9.49. The molecule has 0 aliphatic carbocycles. The van der Waals surface area contributed by atoms with Crippen LogP contribution in [0.2, 0.25) is 5.02 Å². The number of hydrogen-bond acceptors (Lipinski definition) is 3. The second kappa shape index (κ2) is 4.61. The molecule has 2 aromatic carbocycles. The van der Waals surface area contributed by atoms with E-state index in [1.54, 1.807) is 30.3 Å². The number of rotatable bonds is 1. The van der Waals surface area contributed by atoms with Crippen LogP contribution in [-0.4, -0.2) is 11.8 Å². The molecule has 3 rings (SSSR count). The minimum Gasteiger partial charge on any atom is -0.397 e. The average molecular weight is 352 g/mol. The molecule has 0 fully saturated rings. The Hall–Kier alpha value is -1.85. The minimum atomic E-state index is -0.389. The van der Waals surface area contributed by atoms with Gasteiger partial charge < -0.3 is 5.73 Å². The van der Waals surface area contributed by atoms with Crippen LogP contribution in [0.1, 0.15) is 20.7 Å². The van der Waals surface area contributed by atoms with Crippen molar-refractivity contribution in [3.63, 3.8) is 0 Å². The van der Waals surface area contributed by atoms with Crippen molar-refractivity contribution in [2.24, 2.45) is 0 Å². The van der Waals surface area contributed by atoms with Crippen molar-refractivity contribution in [2.75, 3.05) is 10.6 Å². The summed E-state index contributed by atoms with van der Waals surface area (Å²) in [6, 6.07) is 9.63. The SMILES string of the molecule is Nc1cc(Cl)ccc1N1C(=O)c2ccc(Br)cc2C1=O. The molecule has 6 heteroatoms. The zero-order valence-electron chi connectivity index (χ0n) is 10.1. The van der Waals surface area contributed by atoms with Gasteiger partial charge in [0.05, 0.1) is 22.5 Å². The number of anilines is 2. The zero-order chi connectivity index (χ0) is 14.4. The number of carbonyl (C=O) groups excluding carboxylic acids is 2. The number of hydrogen-bond donors (Lipinski definition) is 1. The van der Waals surface area contributed by atoms with Gasteiger partial charge in [-0.1, -0.05) is 27.5 Å². The molecule has 0 radical (unpaired) electrons. The predicted molar refractivity (Wildman–Crippen MR) is 81.1 cm³/mol. The first-order valence-corrected chi connectivity index (χ1v) is 6.89. The quantitative estimate of drug-likeness (QED) is 0.632. The fourth-order valence-electron chi connectivity index (χ4n) is 2.16. The molecule has 100 valence electrons. The maximum absolute atomic E-state index is 12.4. The molecule has 0 spiro atoms. The van der Waals surface area contributed by atoms with Crippen molar-refractivity contribution in [2.45, 2.75) is 0 Å². The summed E-state index contributed by atoms with van der Waals surface area (Å²) in [4.78, 5) is 25.8. The normalized spacial score (nSPS) is 13.8. The highest BCUT2D eigenvalue weighted by Crippen LogP contribution is 2.34. The number of halogens is 2. The number of nitrogens with zero attached hydrogens (tertiary/aromatic N) is 1. The van der Waals surface area contributed by atoms with Crippen molar-refractivity contribution in [1.29, 1.82) is 0 Å². The van der Waals surface area contributed by atoms with Gasteiger partial charge in [0.25, 0.3) is 11.8 Å². The Labute approximate surface area is 128 Å². The van der Waals surface area contributed by atoms with Crippen LogP contribution in [0.4, 0.5) is 11.4 Å². The molecule has 0 bridgehead atoms. The summed E-state index contributed by atoms with van der Waals surface area (Å²) in [5.74, 6) is -0.771. The van der Waals surface area contributed by atoms with Crippen LogP contribution in [0, 0.1) is 0 Å². The third-order valence-corrected chi connectivity index (χ3v) is 3.81. The molecule has 0 saturated heterocycles. The Morgan fingerprint density at radius 1 is 1.00 bits per heavy atom. The molecule has 0 unspecified atom stereocenters. The number of nitrogen functional groups attached to an aromatic ring is 1. The van der Waals surface area contributed by atoms with Crippen LogP contribution in [0.15, 0.2) is 40.9 Å². The molecular formula is C14H8BrClN2O2. The second-order valence-corrected chi connectivity index (χ2v) is 5.69. The third kappa shape index (κ3) is 1.90. The zero-order valence-corrected chi connectivity index (χ0v) is 12.4. The van der Waals surface area contributed by atoms with E-state index in [1.165, 1.54) is 6.07 Å². The van der Waals surface area contributed by atoms with Crippen LogP contribution in [0.3, 0.4) is 0 Å². The lowest BCUT2D eigenvalue weighted by Gasteiger charge is -2.16. The van der Waals surface area contributed by atoms with Gasteiger partial charge in [-0.3, -0.25) is 9.59 Å². The first-order valence-electron chi connectivity index (χ1n) is 5.72. The van der Waals surface area contributed by atoms with Gasteiger partial charge in [0.15, 0.2) is 0 Å². The standard InChI is InChI=1S/C14H8BrClN2O2/c15-7-1-3-9-10(5-7)14(20)18(13(9)19)12-4-2-8(16)6-11(12)17/h1-6H,17H2. The Morgan fingerprint density at radius 3 is 2.40 bits per heavy atom. The van der Waals surface area contributed by atoms with E-state index in [1.807, 2.05) is 0 Å². The summed E-state index contributed by atoms with van der Waals surface area (Å²) < 4.78 is 0.739. The lowest BCUT2D eigenvalue weighted by Crippen LogP contribution is -2.30. The summed E-state index contributed by atoms with van der Waals surface area (Å²) >= 11 is 9.12. The van der Waals surface area contributed by atoms with E-state index in [2.05, 4.69) is 15.9 Å². The lowest BCUT2D eigenvalue weighted by atomic mass is 10.1. The largest absolute Gasteiger partial charge is 0.397 e. The number of amides is 2. The molecule has 1 aliphatic heterocycles. The van der Waals surface area contributed by atoms with Crippen LogP contribution in [0.5, 0.6) is 0 Å². The second-order valence-electron chi connectivity index (χ2n) is 4.34. The molecule has 0 atom stereocenters. The van der Waals surface area contributed by atoms with Crippen LogP contribution in [0.25, 0.3) is 0 Å². The summed E-state index contributed by atoms with van der Waals surface area (Å²) in [6.07, 6.45) is 0. The highest BCUT2D eigenvalue weighted by Gasteiger charge is 2.37. The fraction of sp³-hybridized carbons (Fsp3) is 0. The van der Waals surface area contributed by atoms with E-state index in [-0.39, 0.29) is 17.5 Å². The summed E-state index contributed by atoms with van der Waals surface area (Å²) in [6.45, 7) is 0. The van der Waals surface area contributed by atoms with E-state index >= 15 is 0 Å². The molecule has 2 N–H and O–H groups in total. The van der Waals surface area contributed by atoms with Crippen LogP contribution >= 0.6 is 27.5 Å². The van der Waals surface area contributed by atoms with E-state index in [0.29, 0.717) is 21.8 Å². The predicted octanol–water partition coefficient (Wildman–Crippen LogP) is 3.49. The van der Waals surface area contributed by atoms with Gasteiger partial charge in [-0.15, -0.1) is 0 Å². The van der Waals surface area contributed by atoms with Crippen LogP contribution in [-0.2, 0) is 0 Å². The Balaban J connectivity index is 2.14. The number of benzene rings is 2. The number of nitrogens with two attached hydrogens (primary N) is 1. The average Bonchev–Trinajstić information content (AvgIpc) is 2.63. The summed E-state index contributed by atoms with van der Waals surface area (Å²) in [7, 11) is 0. The van der Waals surface area contributed by atoms with Crippen molar-refractivity contribution < 1.29 is 9.59 Å². The monoisotopic (exact) mass is 350 g/mol. The van der Waals surface area contributed by atoms with E-state index in [4.69, 9.17) is 17.3 Å². The lowest BCUT2D eigenvalue weighted by molar-refractivity contribution is 0.0926.